The lowest BCUT2D eigenvalue weighted by Crippen LogP contribution is -2.57. The highest BCUT2D eigenvalue weighted by molar-refractivity contribution is 5.83. The second-order valence-corrected chi connectivity index (χ2v) is 6.73. The number of nitrogens with one attached hydrogen (secondary N) is 3. The maximum atomic E-state index is 12.6. The van der Waals surface area contributed by atoms with Gasteiger partial charge in [0, 0.05) is 24.5 Å². The average Bonchev–Trinajstić information content (AvgIpc) is 3.09. The summed E-state index contributed by atoms with van der Waals surface area (Å²) in [5, 5.41) is 3.21. The van der Waals surface area contributed by atoms with E-state index in [9.17, 15) is 4.79 Å². The van der Waals surface area contributed by atoms with Gasteiger partial charge in [0.15, 0.2) is 0 Å². The van der Waals surface area contributed by atoms with Gasteiger partial charge in [-0.2, -0.15) is 0 Å². The van der Waals surface area contributed by atoms with Crippen molar-refractivity contribution in [3.63, 3.8) is 0 Å². The number of ether oxygens (including phenoxy) is 1. The zero-order valence-electron chi connectivity index (χ0n) is 12.8. The van der Waals surface area contributed by atoms with Gasteiger partial charge in [-0.3, -0.25) is 4.79 Å². The predicted molar refractivity (Wildman–Crippen MR) is 82.8 cm³/mol. The molecule has 0 spiro atoms. The summed E-state index contributed by atoms with van der Waals surface area (Å²) < 4.78 is 5.61. The maximum Gasteiger partial charge on any atom is 0.239 e. The molecule has 2 heterocycles. The number of rotatable bonds is 3. The van der Waals surface area contributed by atoms with Crippen molar-refractivity contribution < 1.29 is 9.53 Å². The summed E-state index contributed by atoms with van der Waals surface area (Å²) in [5.74, 6) is 0.838. The van der Waals surface area contributed by atoms with Crippen molar-refractivity contribution in [1.82, 2.24) is 16.2 Å². The van der Waals surface area contributed by atoms with Crippen LogP contribution in [-0.2, 0) is 9.53 Å². The number of hydrazine groups is 1. The monoisotopic (exact) mass is 301 g/mol. The quantitative estimate of drug-likeness (QED) is 0.783. The van der Waals surface area contributed by atoms with Gasteiger partial charge in [-0.05, 0) is 18.4 Å². The number of amides is 1. The predicted octanol–water partition coefficient (Wildman–Crippen LogP) is 1.13. The Labute approximate surface area is 130 Å². The normalized spacial score (nSPS) is 40.0. The summed E-state index contributed by atoms with van der Waals surface area (Å²) in [6, 6.07) is 10.6. The molecule has 4 rings (SSSR count). The molecule has 0 bridgehead atoms. The van der Waals surface area contributed by atoms with Crippen molar-refractivity contribution in [3.8, 4) is 0 Å². The second kappa shape index (κ2) is 5.65. The van der Waals surface area contributed by atoms with Crippen LogP contribution in [0.5, 0.6) is 0 Å². The molecule has 3 N–H and O–H groups in total. The third-order valence-corrected chi connectivity index (χ3v) is 5.48. The van der Waals surface area contributed by atoms with Crippen molar-refractivity contribution in [3.05, 3.63) is 35.9 Å². The van der Waals surface area contributed by atoms with Crippen molar-refractivity contribution >= 4 is 5.91 Å². The van der Waals surface area contributed by atoms with E-state index in [4.69, 9.17) is 4.74 Å². The summed E-state index contributed by atoms with van der Waals surface area (Å²) in [5.41, 5.74) is 7.66. The molecule has 1 aromatic rings. The first kappa shape index (κ1) is 14.2. The smallest absolute Gasteiger partial charge is 0.239 e. The van der Waals surface area contributed by atoms with E-state index in [1.165, 1.54) is 5.56 Å². The lowest BCUT2D eigenvalue weighted by Gasteiger charge is -2.40. The Morgan fingerprint density at radius 1 is 1.27 bits per heavy atom. The molecule has 0 aromatic heterocycles. The number of benzene rings is 1. The van der Waals surface area contributed by atoms with Gasteiger partial charge >= 0.3 is 0 Å². The van der Waals surface area contributed by atoms with Gasteiger partial charge in [-0.1, -0.05) is 37.3 Å². The van der Waals surface area contributed by atoms with Crippen molar-refractivity contribution in [2.75, 3.05) is 6.61 Å². The summed E-state index contributed by atoms with van der Waals surface area (Å²) in [6.45, 7) is 2.97. The molecule has 5 nitrogen and oxygen atoms in total. The number of carbonyl (C=O) groups excluding carboxylic acids is 1. The molecular weight excluding hydrogens is 278 g/mol. The zero-order chi connectivity index (χ0) is 15.1. The van der Waals surface area contributed by atoms with E-state index in [2.05, 4.69) is 35.2 Å². The van der Waals surface area contributed by atoms with Crippen LogP contribution < -0.4 is 16.2 Å². The number of hydrogen-bond donors (Lipinski definition) is 3. The van der Waals surface area contributed by atoms with E-state index in [0.717, 1.165) is 19.4 Å². The molecule has 6 atom stereocenters. The minimum atomic E-state index is -0.188. The molecular formula is C17H23N3O2. The summed E-state index contributed by atoms with van der Waals surface area (Å²) in [7, 11) is 0. The summed E-state index contributed by atoms with van der Waals surface area (Å²) in [4.78, 5) is 12.6. The highest BCUT2D eigenvalue weighted by Gasteiger charge is 2.47. The van der Waals surface area contributed by atoms with Crippen LogP contribution in [0, 0.1) is 11.8 Å². The molecule has 118 valence electrons. The van der Waals surface area contributed by atoms with Gasteiger partial charge in [-0.25, -0.2) is 10.9 Å². The number of carbonyl (C=O) groups is 1. The molecule has 1 saturated carbocycles. The maximum absolute atomic E-state index is 12.6. The van der Waals surface area contributed by atoms with Crippen LogP contribution in [0.1, 0.15) is 31.4 Å². The highest BCUT2D eigenvalue weighted by Crippen LogP contribution is 2.38. The fraction of sp³-hybridized carbons (Fsp3) is 0.588. The molecule has 3 unspecified atom stereocenters. The topological polar surface area (TPSA) is 62.4 Å². The molecule has 2 aliphatic heterocycles. The Morgan fingerprint density at radius 3 is 2.86 bits per heavy atom. The molecule has 1 aliphatic carbocycles. The van der Waals surface area contributed by atoms with Crippen LogP contribution in [-0.4, -0.2) is 30.7 Å². The lowest BCUT2D eigenvalue weighted by atomic mass is 9.76. The minimum absolute atomic E-state index is 0.105. The van der Waals surface area contributed by atoms with Gasteiger partial charge < -0.3 is 10.1 Å². The molecule has 0 radical (unpaired) electrons. The minimum Gasteiger partial charge on any atom is -0.378 e. The van der Waals surface area contributed by atoms with Crippen molar-refractivity contribution in [1.29, 1.82) is 0 Å². The van der Waals surface area contributed by atoms with Gasteiger partial charge in [0.25, 0.3) is 0 Å². The van der Waals surface area contributed by atoms with Crippen LogP contribution in [0.3, 0.4) is 0 Å². The first-order chi connectivity index (χ1) is 10.7. The Hall–Kier alpha value is -1.43. The first-order valence-electron chi connectivity index (χ1n) is 8.22. The van der Waals surface area contributed by atoms with Gasteiger partial charge in [0.1, 0.15) is 6.04 Å². The fourth-order valence-corrected chi connectivity index (χ4v) is 4.02. The van der Waals surface area contributed by atoms with Crippen molar-refractivity contribution in [2.24, 2.45) is 11.8 Å². The SMILES string of the molecule is CC1C(C(=O)N[C@@H]2C[C@H]3OCC[C@@H]23)NNC1c1ccccc1. The van der Waals surface area contributed by atoms with Crippen LogP contribution in [0.2, 0.25) is 0 Å². The molecule has 1 amide bonds. The van der Waals surface area contributed by atoms with Gasteiger partial charge in [0.05, 0.1) is 12.1 Å². The lowest BCUT2D eigenvalue weighted by molar-refractivity contribution is -0.126. The largest absolute Gasteiger partial charge is 0.378 e. The molecule has 3 aliphatic rings. The van der Waals surface area contributed by atoms with E-state index in [1.54, 1.807) is 0 Å². The fourth-order valence-electron chi connectivity index (χ4n) is 4.02. The Balaban J connectivity index is 1.38. The summed E-state index contributed by atoms with van der Waals surface area (Å²) >= 11 is 0. The zero-order valence-corrected chi connectivity index (χ0v) is 12.8. The number of hydrogen-bond acceptors (Lipinski definition) is 4. The molecule has 22 heavy (non-hydrogen) atoms. The molecule has 3 fully saturated rings. The number of fused-ring (bicyclic) bond motifs is 1. The molecule has 5 heteroatoms. The van der Waals surface area contributed by atoms with E-state index in [-0.39, 0.29) is 23.9 Å². The van der Waals surface area contributed by atoms with E-state index in [1.807, 2.05) is 18.2 Å². The molecule has 1 aromatic carbocycles. The van der Waals surface area contributed by atoms with Crippen LogP contribution in [0.15, 0.2) is 30.3 Å². The van der Waals surface area contributed by atoms with Gasteiger partial charge in [-0.15, -0.1) is 0 Å². The summed E-state index contributed by atoms with van der Waals surface area (Å²) in [6.07, 6.45) is 2.43. The Kier molecular flexibility index (Phi) is 3.64. The van der Waals surface area contributed by atoms with Crippen LogP contribution in [0.4, 0.5) is 0 Å². The standard InChI is InChI=1S/C17H23N3O2/c1-10-15(11-5-3-2-4-6-11)19-20-16(10)17(21)18-13-9-14-12(13)7-8-22-14/h2-6,10,12-16,19-20H,7-9H2,1H3,(H,18,21)/t10?,12-,13+,14+,15?,16?/m0/s1. The average molecular weight is 301 g/mol. The molecule has 2 saturated heterocycles. The second-order valence-electron chi connectivity index (χ2n) is 6.73. The van der Waals surface area contributed by atoms with Crippen LogP contribution >= 0.6 is 0 Å². The van der Waals surface area contributed by atoms with Gasteiger partial charge in [0.2, 0.25) is 5.91 Å². The first-order valence-corrected chi connectivity index (χ1v) is 8.22. The Morgan fingerprint density at radius 2 is 2.09 bits per heavy atom. The Bertz CT molecular complexity index is 550. The third kappa shape index (κ3) is 2.33. The van der Waals surface area contributed by atoms with E-state index >= 15 is 0 Å². The van der Waals surface area contributed by atoms with Crippen molar-refractivity contribution in [2.45, 2.75) is 44.0 Å². The highest BCUT2D eigenvalue weighted by atomic mass is 16.5. The van der Waals surface area contributed by atoms with E-state index in [0.29, 0.717) is 18.1 Å². The van der Waals surface area contributed by atoms with E-state index < -0.39 is 0 Å². The third-order valence-electron chi connectivity index (χ3n) is 5.48. The van der Waals surface area contributed by atoms with Crippen LogP contribution in [0.25, 0.3) is 0 Å².